The lowest BCUT2D eigenvalue weighted by atomic mass is 9.86. The van der Waals surface area contributed by atoms with Crippen molar-refractivity contribution in [1.29, 1.82) is 0 Å². The molecule has 0 radical (unpaired) electrons. The van der Waals surface area contributed by atoms with Crippen LogP contribution in [0.25, 0.3) is 11.1 Å². The quantitative estimate of drug-likeness (QED) is 0.649. The number of pyridine rings is 1. The molecule has 0 saturated carbocycles. The summed E-state index contributed by atoms with van der Waals surface area (Å²) in [5.41, 5.74) is 12.4. The van der Waals surface area contributed by atoms with Gasteiger partial charge in [0, 0.05) is 40.9 Å². The molecule has 30 heavy (non-hydrogen) atoms. The third-order valence-corrected chi connectivity index (χ3v) is 5.63. The molecule has 6 nitrogen and oxygen atoms in total. The predicted octanol–water partition coefficient (Wildman–Crippen LogP) is 3.44. The Morgan fingerprint density at radius 3 is 2.63 bits per heavy atom. The summed E-state index contributed by atoms with van der Waals surface area (Å²) in [7, 11) is 1.29. The van der Waals surface area contributed by atoms with Gasteiger partial charge in [-0.15, -0.1) is 0 Å². The maximum Gasteiger partial charge on any atom is 0.251 e. The first-order valence-corrected chi connectivity index (χ1v) is 9.58. The van der Waals surface area contributed by atoms with Crippen LogP contribution in [0.4, 0.5) is 4.39 Å². The third-order valence-electron chi connectivity index (χ3n) is 5.31. The van der Waals surface area contributed by atoms with Crippen molar-refractivity contribution in [2.75, 3.05) is 13.7 Å². The van der Waals surface area contributed by atoms with E-state index in [0.29, 0.717) is 23.3 Å². The van der Waals surface area contributed by atoms with E-state index in [4.69, 9.17) is 32.5 Å². The van der Waals surface area contributed by atoms with Crippen LogP contribution in [-0.4, -0.2) is 24.5 Å². The smallest absolute Gasteiger partial charge is 0.251 e. The summed E-state index contributed by atoms with van der Waals surface area (Å²) in [6, 6.07) is 12.8. The van der Waals surface area contributed by atoms with Gasteiger partial charge in [0.1, 0.15) is 5.75 Å². The average Bonchev–Trinajstić information content (AvgIpc) is 3.15. The summed E-state index contributed by atoms with van der Waals surface area (Å²) < 4.78 is 26.6. The molecule has 1 aromatic heterocycles. The summed E-state index contributed by atoms with van der Waals surface area (Å²) in [6.45, 7) is 0.188. The molecule has 1 aliphatic rings. The first-order valence-electron chi connectivity index (χ1n) is 9.20. The molecule has 1 aliphatic heterocycles. The molecule has 0 bridgehead atoms. The second-order valence-electron chi connectivity index (χ2n) is 6.98. The largest absolute Gasteiger partial charge is 0.481 e. The molecule has 1 amide bonds. The second kappa shape index (κ2) is 7.59. The molecule has 2 heterocycles. The van der Waals surface area contributed by atoms with Crippen LogP contribution in [0.2, 0.25) is 5.02 Å². The molecular weight excluding hydrogens is 409 g/mol. The van der Waals surface area contributed by atoms with Gasteiger partial charge in [-0.25, -0.2) is 9.37 Å². The number of carbonyl (C=O) groups excluding carboxylic acids is 1. The Hall–Kier alpha value is -3.16. The lowest BCUT2D eigenvalue weighted by Gasteiger charge is -2.27. The van der Waals surface area contributed by atoms with E-state index in [1.165, 1.54) is 13.3 Å². The zero-order chi connectivity index (χ0) is 21.5. The molecule has 3 aromatic rings. The van der Waals surface area contributed by atoms with Crippen molar-refractivity contribution in [1.82, 2.24) is 4.98 Å². The lowest BCUT2D eigenvalue weighted by molar-refractivity contribution is 0.0999. The highest BCUT2D eigenvalue weighted by Gasteiger charge is 2.42. The molecule has 2 aromatic carbocycles. The van der Waals surface area contributed by atoms with Gasteiger partial charge in [0.25, 0.3) is 11.8 Å². The minimum atomic E-state index is -0.844. The van der Waals surface area contributed by atoms with Crippen molar-refractivity contribution in [3.8, 4) is 22.8 Å². The number of aromatic nitrogens is 1. The molecule has 0 aliphatic carbocycles. The highest BCUT2D eigenvalue weighted by molar-refractivity contribution is 6.34. The van der Waals surface area contributed by atoms with Crippen molar-refractivity contribution in [2.45, 2.75) is 12.0 Å². The third kappa shape index (κ3) is 3.07. The maximum atomic E-state index is 15.3. The fourth-order valence-electron chi connectivity index (χ4n) is 3.85. The molecule has 4 N–H and O–H groups in total. The highest BCUT2D eigenvalue weighted by Crippen LogP contribution is 2.49. The van der Waals surface area contributed by atoms with E-state index < -0.39 is 17.3 Å². The van der Waals surface area contributed by atoms with Gasteiger partial charge in [-0.3, -0.25) is 4.79 Å². The summed E-state index contributed by atoms with van der Waals surface area (Å²) >= 11 is 6.50. The number of amides is 1. The summed E-state index contributed by atoms with van der Waals surface area (Å²) in [5, 5.41) is 0.243. The fourth-order valence-corrected chi connectivity index (χ4v) is 4.12. The van der Waals surface area contributed by atoms with Gasteiger partial charge >= 0.3 is 0 Å². The summed E-state index contributed by atoms with van der Waals surface area (Å²) in [6.07, 6.45) is 1.51. The number of methoxy groups -OCH3 is 1. The van der Waals surface area contributed by atoms with Gasteiger partial charge in [0.15, 0.2) is 11.4 Å². The number of rotatable bonds is 5. The van der Waals surface area contributed by atoms with Crippen molar-refractivity contribution >= 4 is 17.5 Å². The molecule has 0 spiro atoms. The number of ether oxygens (including phenoxy) is 2. The molecular formula is C22H19ClFN3O3. The van der Waals surface area contributed by atoms with Gasteiger partial charge in [0.05, 0.1) is 12.7 Å². The van der Waals surface area contributed by atoms with Crippen molar-refractivity contribution in [3.05, 3.63) is 76.2 Å². The minimum Gasteiger partial charge on any atom is -0.481 e. The van der Waals surface area contributed by atoms with Crippen LogP contribution in [0, 0.1) is 5.82 Å². The van der Waals surface area contributed by atoms with E-state index in [9.17, 15) is 4.79 Å². The van der Waals surface area contributed by atoms with E-state index in [1.807, 2.05) is 30.3 Å². The molecule has 0 fully saturated rings. The summed E-state index contributed by atoms with van der Waals surface area (Å²) in [5.74, 6) is -1.42. The number of hydrogen-bond donors (Lipinski definition) is 2. The maximum absolute atomic E-state index is 15.3. The Morgan fingerprint density at radius 2 is 2.00 bits per heavy atom. The van der Waals surface area contributed by atoms with Gasteiger partial charge in [-0.05, 0) is 17.7 Å². The Balaban J connectivity index is 1.96. The van der Waals surface area contributed by atoms with Gasteiger partial charge < -0.3 is 20.9 Å². The number of primary amides is 1. The van der Waals surface area contributed by atoms with Gasteiger partial charge in [-0.1, -0.05) is 41.9 Å². The standard InChI is InChI=1S/C22H19ClFN3O3/c1-29-21-19(24)18(14(10-27-21)20(26)28)17-13-9-22(11-25,12-5-3-2-4-6-12)30-16(13)8-7-15(17)23/h2-8,10H,9,11,25H2,1H3,(H2,26,28). The second-order valence-corrected chi connectivity index (χ2v) is 7.38. The monoisotopic (exact) mass is 427 g/mol. The van der Waals surface area contributed by atoms with Crippen LogP contribution in [-0.2, 0) is 12.0 Å². The number of nitrogens with zero attached hydrogens (tertiary/aromatic N) is 1. The highest BCUT2D eigenvalue weighted by atomic mass is 35.5. The minimum absolute atomic E-state index is 0.0688. The Bertz CT molecular complexity index is 1140. The molecule has 154 valence electrons. The van der Waals surface area contributed by atoms with E-state index in [2.05, 4.69) is 4.98 Å². The number of fused-ring (bicyclic) bond motifs is 1. The Morgan fingerprint density at radius 1 is 1.27 bits per heavy atom. The molecule has 1 unspecified atom stereocenters. The molecule has 1 atom stereocenters. The first kappa shape index (κ1) is 20.1. The number of benzene rings is 2. The topological polar surface area (TPSA) is 100 Å². The number of nitrogens with two attached hydrogens (primary N) is 2. The lowest BCUT2D eigenvalue weighted by Crippen LogP contribution is -2.39. The zero-order valence-corrected chi connectivity index (χ0v) is 16.9. The zero-order valence-electron chi connectivity index (χ0n) is 16.1. The Kier molecular flexibility index (Phi) is 5.09. The normalized spacial score (nSPS) is 17.3. The van der Waals surface area contributed by atoms with E-state index in [-0.39, 0.29) is 28.6 Å². The molecule has 4 rings (SSSR count). The van der Waals surface area contributed by atoms with Crippen molar-refractivity contribution in [3.63, 3.8) is 0 Å². The number of carbonyl (C=O) groups is 1. The van der Waals surface area contributed by atoms with Gasteiger partial charge in [0.2, 0.25) is 0 Å². The average molecular weight is 428 g/mol. The molecule has 0 saturated heterocycles. The van der Waals surface area contributed by atoms with Crippen LogP contribution < -0.4 is 20.9 Å². The fraction of sp³-hybridized carbons (Fsp3) is 0.182. The van der Waals surface area contributed by atoms with E-state index >= 15 is 4.39 Å². The van der Waals surface area contributed by atoms with E-state index in [1.54, 1.807) is 12.1 Å². The Labute approximate surface area is 177 Å². The number of halogens is 2. The van der Waals surface area contributed by atoms with Crippen molar-refractivity contribution < 1.29 is 18.7 Å². The number of hydrogen-bond acceptors (Lipinski definition) is 5. The van der Waals surface area contributed by atoms with Crippen LogP contribution in [0.3, 0.4) is 0 Å². The predicted molar refractivity (Wildman–Crippen MR) is 111 cm³/mol. The van der Waals surface area contributed by atoms with E-state index in [0.717, 1.165) is 5.56 Å². The van der Waals surface area contributed by atoms with Gasteiger partial charge in [-0.2, -0.15) is 0 Å². The van der Waals surface area contributed by atoms with Crippen LogP contribution in [0.15, 0.2) is 48.7 Å². The SMILES string of the molecule is COc1ncc(C(N)=O)c(-c2c(Cl)ccc3c2CC(CN)(c2ccccc2)O3)c1F. The van der Waals surface area contributed by atoms with Crippen molar-refractivity contribution in [2.24, 2.45) is 11.5 Å². The first-order chi connectivity index (χ1) is 14.4. The molecule has 8 heteroatoms. The van der Waals surface area contributed by atoms with Crippen LogP contribution >= 0.6 is 11.6 Å². The van der Waals surface area contributed by atoms with Crippen LogP contribution in [0.1, 0.15) is 21.5 Å². The van der Waals surface area contributed by atoms with Crippen LogP contribution in [0.5, 0.6) is 11.6 Å². The summed E-state index contributed by atoms with van der Waals surface area (Å²) in [4.78, 5) is 15.9.